The Bertz CT molecular complexity index is 229. The van der Waals surface area contributed by atoms with Gasteiger partial charge in [-0.3, -0.25) is 4.79 Å². The van der Waals surface area contributed by atoms with Crippen LogP contribution in [0.25, 0.3) is 0 Å². The summed E-state index contributed by atoms with van der Waals surface area (Å²) in [5.74, 6) is -1.23. The largest absolute Gasteiger partial charge is 0.415 e. The maximum absolute atomic E-state index is 12.3. The number of nitrogens with two attached hydrogens (primary N) is 1. The summed E-state index contributed by atoms with van der Waals surface area (Å²) >= 11 is 0. The Balaban J connectivity index is 3.98. The van der Waals surface area contributed by atoms with Gasteiger partial charge in [-0.15, -0.1) is 0 Å². The Kier molecular flexibility index (Phi) is 5.74. The summed E-state index contributed by atoms with van der Waals surface area (Å²) in [5.41, 5.74) is 2.04. The number of hydrogen-bond donors (Lipinski definition) is 3. The van der Waals surface area contributed by atoms with E-state index in [2.05, 4.69) is 5.32 Å². The van der Waals surface area contributed by atoms with Gasteiger partial charge in [0, 0.05) is 13.2 Å². The molecule has 1 atom stereocenters. The second-order valence-corrected chi connectivity index (χ2v) is 3.74. The van der Waals surface area contributed by atoms with Crippen molar-refractivity contribution in [3.8, 4) is 0 Å². The number of aliphatic hydroxyl groups is 1. The Hall–Kier alpha value is -0.820. The number of rotatable bonds is 6. The first kappa shape index (κ1) is 15.2. The predicted octanol–water partition coefficient (Wildman–Crippen LogP) is 0.545. The van der Waals surface area contributed by atoms with Crippen molar-refractivity contribution in [3.05, 3.63) is 0 Å². The summed E-state index contributed by atoms with van der Waals surface area (Å²) in [5, 5.41) is 10.6. The number of hydrogen-bond acceptors (Lipinski definition) is 3. The lowest BCUT2D eigenvalue weighted by Gasteiger charge is -2.26. The lowest BCUT2D eigenvalue weighted by atomic mass is 10.0. The highest BCUT2D eigenvalue weighted by atomic mass is 19.4. The summed E-state index contributed by atoms with van der Waals surface area (Å²) in [6.07, 6.45) is -3.04. The number of nitrogens with one attached hydrogen (secondary N) is 1. The number of unbranched alkanes of at least 4 members (excludes halogenated alkanes) is 2. The van der Waals surface area contributed by atoms with E-state index >= 15 is 0 Å². The molecule has 0 aromatic carbocycles. The summed E-state index contributed by atoms with van der Waals surface area (Å²) < 4.78 is 36.9. The molecule has 16 heavy (non-hydrogen) atoms. The van der Waals surface area contributed by atoms with E-state index in [1.807, 2.05) is 0 Å². The third-order valence-corrected chi connectivity index (χ3v) is 2.18. The molecule has 7 heteroatoms. The summed E-state index contributed by atoms with van der Waals surface area (Å²) in [7, 11) is 0. The van der Waals surface area contributed by atoms with Crippen LogP contribution in [0.15, 0.2) is 0 Å². The molecular weight excluding hydrogens is 225 g/mol. The third kappa shape index (κ3) is 4.36. The number of carbonyl (C=O) groups excluding carboxylic acids is 1. The third-order valence-electron chi connectivity index (χ3n) is 2.18. The molecule has 0 saturated carbocycles. The number of halogens is 3. The molecule has 0 rings (SSSR count). The van der Waals surface area contributed by atoms with Gasteiger partial charge in [-0.1, -0.05) is 0 Å². The molecule has 0 spiro atoms. The first-order valence-corrected chi connectivity index (χ1v) is 4.98. The van der Waals surface area contributed by atoms with Crippen LogP contribution in [-0.4, -0.2) is 35.9 Å². The van der Waals surface area contributed by atoms with Crippen molar-refractivity contribution in [2.75, 3.05) is 13.2 Å². The molecule has 0 aromatic heterocycles. The van der Waals surface area contributed by atoms with E-state index in [4.69, 9.17) is 10.8 Å². The highest BCUT2D eigenvalue weighted by Crippen LogP contribution is 2.27. The molecular formula is C9H17F3N2O2. The molecule has 1 unspecified atom stereocenters. The molecule has 0 aliphatic carbocycles. The van der Waals surface area contributed by atoms with E-state index < -0.39 is 17.6 Å². The first-order chi connectivity index (χ1) is 7.23. The maximum Gasteiger partial charge on any atom is 0.415 e. The van der Waals surface area contributed by atoms with Gasteiger partial charge in [0.15, 0.2) is 5.54 Å². The van der Waals surface area contributed by atoms with Gasteiger partial charge in [-0.2, -0.15) is 13.2 Å². The lowest BCUT2D eigenvalue weighted by molar-refractivity contribution is -0.187. The van der Waals surface area contributed by atoms with Crippen molar-refractivity contribution in [1.82, 2.24) is 5.32 Å². The second-order valence-electron chi connectivity index (χ2n) is 3.74. The van der Waals surface area contributed by atoms with Crippen molar-refractivity contribution in [2.24, 2.45) is 5.73 Å². The molecule has 4 nitrogen and oxygen atoms in total. The minimum Gasteiger partial charge on any atom is -0.396 e. The molecule has 0 fully saturated rings. The van der Waals surface area contributed by atoms with Gasteiger partial charge >= 0.3 is 6.18 Å². The summed E-state index contributed by atoms with van der Waals surface area (Å²) in [4.78, 5) is 11.1. The zero-order chi connectivity index (χ0) is 12.8. The number of alkyl halides is 3. The Morgan fingerprint density at radius 2 is 1.88 bits per heavy atom. The normalized spacial score (nSPS) is 15.6. The summed E-state index contributed by atoms with van der Waals surface area (Å²) in [6.45, 7) is 0.795. The van der Waals surface area contributed by atoms with Crippen LogP contribution in [0, 0.1) is 0 Å². The van der Waals surface area contributed by atoms with Crippen molar-refractivity contribution in [2.45, 2.75) is 37.9 Å². The Morgan fingerprint density at radius 3 is 2.31 bits per heavy atom. The van der Waals surface area contributed by atoms with Crippen LogP contribution in [0.5, 0.6) is 0 Å². The zero-order valence-electron chi connectivity index (χ0n) is 9.10. The molecule has 0 aromatic rings. The average molecular weight is 242 g/mol. The smallest absolute Gasteiger partial charge is 0.396 e. The van der Waals surface area contributed by atoms with Crippen LogP contribution in [0.1, 0.15) is 26.2 Å². The van der Waals surface area contributed by atoms with Crippen molar-refractivity contribution in [3.63, 3.8) is 0 Å². The fourth-order valence-electron chi connectivity index (χ4n) is 0.928. The monoisotopic (exact) mass is 242 g/mol. The Morgan fingerprint density at radius 1 is 1.31 bits per heavy atom. The molecule has 0 bridgehead atoms. The lowest BCUT2D eigenvalue weighted by Crippen LogP contribution is -2.61. The van der Waals surface area contributed by atoms with E-state index in [0.717, 1.165) is 0 Å². The van der Waals surface area contributed by atoms with Crippen LogP contribution in [0.3, 0.4) is 0 Å². The Labute approximate surface area is 92.0 Å². The van der Waals surface area contributed by atoms with Gasteiger partial charge in [0.05, 0.1) is 0 Å². The van der Waals surface area contributed by atoms with Crippen LogP contribution in [-0.2, 0) is 4.79 Å². The summed E-state index contributed by atoms with van der Waals surface area (Å²) in [6, 6.07) is 0. The molecule has 96 valence electrons. The maximum atomic E-state index is 12.3. The fraction of sp³-hybridized carbons (Fsp3) is 0.889. The average Bonchev–Trinajstić information content (AvgIpc) is 2.15. The van der Waals surface area contributed by atoms with Gasteiger partial charge in [0.1, 0.15) is 0 Å². The quantitative estimate of drug-likeness (QED) is 0.595. The van der Waals surface area contributed by atoms with Gasteiger partial charge in [0.2, 0.25) is 5.91 Å². The first-order valence-electron chi connectivity index (χ1n) is 4.98. The number of amides is 1. The van der Waals surface area contributed by atoms with Crippen molar-refractivity contribution < 1.29 is 23.1 Å². The van der Waals surface area contributed by atoms with E-state index in [9.17, 15) is 18.0 Å². The van der Waals surface area contributed by atoms with Crippen LogP contribution in [0.4, 0.5) is 13.2 Å². The van der Waals surface area contributed by atoms with Gasteiger partial charge in [-0.25, -0.2) is 0 Å². The minimum absolute atomic E-state index is 0.0328. The van der Waals surface area contributed by atoms with Crippen LogP contribution < -0.4 is 11.1 Å². The van der Waals surface area contributed by atoms with Crippen molar-refractivity contribution in [1.29, 1.82) is 0 Å². The van der Waals surface area contributed by atoms with E-state index in [0.29, 0.717) is 26.2 Å². The predicted molar refractivity (Wildman–Crippen MR) is 52.6 cm³/mol. The molecule has 0 radical (unpaired) electrons. The molecule has 0 aliphatic rings. The second kappa shape index (κ2) is 6.05. The topological polar surface area (TPSA) is 75.4 Å². The SMILES string of the molecule is CC(N)(C(=O)NCCCCCO)C(F)(F)F. The van der Waals surface area contributed by atoms with Gasteiger partial charge < -0.3 is 16.2 Å². The van der Waals surface area contributed by atoms with Crippen molar-refractivity contribution >= 4 is 5.91 Å². The van der Waals surface area contributed by atoms with Gasteiger partial charge in [-0.05, 0) is 26.2 Å². The number of carbonyl (C=O) groups is 1. The van der Waals surface area contributed by atoms with E-state index in [-0.39, 0.29) is 13.2 Å². The van der Waals surface area contributed by atoms with E-state index in [1.54, 1.807) is 0 Å². The number of aliphatic hydroxyl groups excluding tert-OH is 1. The standard InChI is InChI=1S/C9H17F3N2O2/c1-8(13,9(10,11)12)7(16)14-5-3-2-4-6-15/h15H,2-6,13H2,1H3,(H,14,16). The minimum atomic E-state index is -4.76. The zero-order valence-corrected chi connectivity index (χ0v) is 9.10. The molecule has 0 aliphatic heterocycles. The van der Waals surface area contributed by atoms with E-state index in [1.165, 1.54) is 0 Å². The van der Waals surface area contributed by atoms with Gasteiger partial charge in [0.25, 0.3) is 0 Å². The fourth-order valence-corrected chi connectivity index (χ4v) is 0.928. The molecule has 1 amide bonds. The molecule has 0 heterocycles. The van der Waals surface area contributed by atoms with Crippen LogP contribution in [0.2, 0.25) is 0 Å². The molecule has 4 N–H and O–H groups in total. The highest BCUT2D eigenvalue weighted by molar-refractivity contribution is 5.86. The van der Waals surface area contributed by atoms with Crippen LogP contribution >= 0.6 is 0 Å². The molecule has 0 saturated heterocycles. The highest BCUT2D eigenvalue weighted by Gasteiger charge is 2.53.